The number of hydrogen-bond acceptors (Lipinski definition) is 10. The summed E-state index contributed by atoms with van der Waals surface area (Å²) in [6.07, 6.45) is 5.63. The van der Waals surface area contributed by atoms with E-state index in [-0.39, 0.29) is 29.0 Å². The number of nitrogens with two attached hydrogens (primary N) is 1. The van der Waals surface area contributed by atoms with Gasteiger partial charge in [-0.1, -0.05) is 11.2 Å². The van der Waals surface area contributed by atoms with Crippen LogP contribution in [0, 0.1) is 0 Å². The fourth-order valence-corrected chi connectivity index (χ4v) is 5.81. The Morgan fingerprint density at radius 1 is 1.39 bits per heavy atom. The van der Waals surface area contributed by atoms with E-state index >= 15 is 0 Å². The Hall–Kier alpha value is -3.98. The number of carbonyl (C=O) groups is 3. The number of thioether (sulfide) groups is 1. The SMILES string of the molecule is CCON=C(C(=O)N[C@@H]1C(=O)N2C(C(=O)O)=C(C[n+]3ccn4ccccc43)CS[C@@H]12)c1nsc(N)n1. The van der Waals surface area contributed by atoms with Gasteiger partial charge in [-0.3, -0.25) is 14.5 Å². The van der Waals surface area contributed by atoms with Crippen LogP contribution >= 0.6 is 23.3 Å². The summed E-state index contributed by atoms with van der Waals surface area (Å²) in [4.78, 5) is 48.4. The molecule has 0 unspecified atom stereocenters. The Balaban J connectivity index is 1.37. The summed E-state index contributed by atoms with van der Waals surface area (Å²) >= 11 is 2.27. The molecule has 0 aliphatic carbocycles. The lowest BCUT2D eigenvalue weighted by atomic mass is 10.0. The van der Waals surface area contributed by atoms with Gasteiger partial charge >= 0.3 is 5.97 Å². The maximum absolute atomic E-state index is 13.1. The van der Waals surface area contributed by atoms with Crippen molar-refractivity contribution in [1.82, 2.24) is 24.0 Å². The maximum Gasteiger partial charge on any atom is 0.352 e. The first-order chi connectivity index (χ1) is 17.4. The minimum absolute atomic E-state index is 0.0198. The second-order valence-electron chi connectivity index (χ2n) is 7.82. The summed E-state index contributed by atoms with van der Waals surface area (Å²) in [6, 6.07) is 4.78. The van der Waals surface area contributed by atoms with E-state index in [0.717, 1.165) is 17.2 Å². The molecule has 5 rings (SSSR count). The number of carbonyl (C=O) groups excluding carboxylic acids is 2. The number of nitrogens with zero attached hydrogens (tertiary/aromatic N) is 6. The second-order valence-corrected chi connectivity index (χ2v) is 9.71. The predicted molar refractivity (Wildman–Crippen MR) is 130 cm³/mol. The lowest BCUT2D eigenvalue weighted by Crippen LogP contribution is -2.71. The molecule has 186 valence electrons. The summed E-state index contributed by atoms with van der Waals surface area (Å²) in [5.41, 5.74) is 6.83. The molecule has 3 aromatic heterocycles. The van der Waals surface area contributed by atoms with Crippen LogP contribution in [0.2, 0.25) is 0 Å². The van der Waals surface area contributed by atoms with Crippen molar-refractivity contribution in [3.05, 3.63) is 53.9 Å². The first kappa shape index (κ1) is 23.7. The Morgan fingerprint density at radius 2 is 2.22 bits per heavy atom. The molecule has 0 saturated carbocycles. The number of carboxylic acids is 1. The molecule has 5 heterocycles. The van der Waals surface area contributed by atoms with Gasteiger partial charge in [0, 0.05) is 28.9 Å². The summed E-state index contributed by atoms with van der Waals surface area (Å²) in [5.74, 6) is -2.08. The van der Waals surface area contributed by atoms with Gasteiger partial charge in [0.25, 0.3) is 17.5 Å². The number of aromatic nitrogens is 4. The van der Waals surface area contributed by atoms with E-state index in [1.807, 2.05) is 45.8 Å². The van der Waals surface area contributed by atoms with E-state index in [0.29, 0.717) is 17.9 Å². The zero-order valence-electron chi connectivity index (χ0n) is 18.9. The monoisotopic (exact) mass is 529 g/mol. The average Bonchev–Trinajstić information content (AvgIpc) is 3.48. The lowest BCUT2D eigenvalue weighted by Gasteiger charge is -2.49. The van der Waals surface area contributed by atoms with Crippen molar-refractivity contribution in [3.63, 3.8) is 0 Å². The number of fused-ring (bicyclic) bond motifs is 2. The van der Waals surface area contributed by atoms with Crippen LogP contribution in [0.15, 0.2) is 53.2 Å². The molecule has 3 aromatic rings. The molecule has 0 aromatic carbocycles. The second kappa shape index (κ2) is 9.58. The van der Waals surface area contributed by atoms with Gasteiger partial charge in [-0.2, -0.15) is 9.36 Å². The lowest BCUT2D eigenvalue weighted by molar-refractivity contribution is -0.662. The molecule has 0 radical (unpaired) electrons. The van der Waals surface area contributed by atoms with Gasteiger partial charge in [0.05, 0.1) is 6.20 Å². The number of nitrogen functional groups attached to an aromatic ring is 1. The third-order valence-corrected chi connectivity index (χ3v) is 7.50. The van der Waals surface area contributed by atoms with Crippen molar-refractivity contribution < 1.29 is 28.9 Å². The molecule has 0 spiro atoms. The fraction of sp³-hybridized carbons (Fsp3) is 0.286. The topological polar surface area (TPSA) is 168 Å². The van der Waals surface area contributed by atoms with Gasteiger partial charge in [0.2, 0.25) is 11.5 Å². The molecule has 2 amide bonds. The van der Waals surface area contributed by atoms with E-state index in [9.17, 15) is 19.5 Å². The number of anilines is 1. The number of amides is 2. The van der Waals surface area contributed by atoms with Gasteiger partial charge in [-0.15, -0.1) is 11.8 Å². The summed E-state index contributed by atoms with van der Waals surface area (Å²) in [5, 5.41) is 15.9. The fourth-order valence-electron chi connectivity index (χ4n) is 4.04. The van der Waals surface area contributed by atoms with Crippen LogP contribution in [0.4, 0.5) is 5.13 Å². The molecular weight excluding hydrogens is 508 g/mol. The molecular formula is C21H21N8O5S2+. The highest BCUT2D eigenvalue weighted by atomic mass is 32.2. The highest BCUT2D eigenvalue weighted by Crippen LogP contribution is 2.40. The van der Waals surface area contributed by atoms with Crippen molar-refractivity contribution in [2.45, 2.75) is 24.9 Å². The molecule has 2 aliphatic rings. The van der Waals surface area contributed by atoms with Gasteiger partial charge in [0.15, 0.2) is 5.13 Å². The number of aliphatic carboxylic acids is 1. The standard InChI is InChI=1S/C21H20N8O5S2/c1-2-34-25-13(16-24-21(22)36-26-16)17(30)23-14-18(31)29-15(20(32)33)11(10-35-19(14)29)9-28-8-7-27-6-4-3-5-12(27)28/h3-8,14,19H,2,9-10H2,1H3,(H3-,22,23,24,26,30,32,33)/p+1/t14-,19+/m1/s1. The van der Waals surface area contributed by atoms with Crippen LogP contribution in [0.3, 0.4) is 0 Å². The number of rotatable bonds is 8. The van der Waals surface area contributed by atoms with Gasteiger partial charge in [0.1, 0.15) is 42.7 Å². The molecule has 1 fully saturated rings. The minimum atomic E-state index is -1.20. The van der Waals surface area contributed by atoms with Gasteiger partial charge in [-0.05, 0) is 13.0 Å². The van der Waals surface area contributed by atoms with Crippen LogP contribution < -0.4 is 15.6 Å². The predicted octanol–water partition coefficient (Wildman–Crippen LogP) is -0.160. The van der Waals surface area contributed by atoms with Crippen molar-refractivity contribution in [3.8, 4) is 0 Å². The molecule has 4 N–H and O–H groups in total. The maximum atomic E-state index is 13.1. The van der Waals surface area contributed by atoms with Crippen LogP contribution in [-0.4, -0.2) is 71.0 Å². The number of β-lactam (4-membered cyclic amide) rings is 1. The first-order valence-corrected chi connectivity index (χ1v) is 12.7. The number of nitrogens with one attached hydrogen (secondary N) is 1. The minimum Gasteiger partial charge on any atom is -0.477 e. The van der Waals surface area contributed by atoms with Crippen LogP contribution in [0.5, 0.6) is 0 Å². The van der Waals surface area contributed by atoms with Crippen molar-refractivity contribution in [2.75, 3.05) is 18.1 Å². The van der Waals surface area contributed by atoms with Crippen LogP contribution in [-0.2, 0) is 25.8 Å². The van der Waals surface area contributed by atoms with Crippen LogP contribution in [0.1, 0.15) is 12.7 Å². The van der Waals surface area contributed by atoms with E-state index in [2.05, 4.69) is 19.8 Å². The van der Waals surface area contributed by atoms with Crippen molar-refractivity contribution >= 4 is 57.6 Å². The van der Waals surface area contributed by atoms with E-state index < -0.39 is 29.2 Å². The quantitative estimate of drug-likeness (QED) is 0.155. The Morgan fingerprint density at radius 3 is 2.94 bits per heavy atom. The number of carboxylic acid groups (broad SMARTS) is 1. The number of oxime groups is 1. The summed E-state index contributed by atoms with van der Waals surface area (Å²) < 4.78 is 7.83. The molecule has 1 saturated heterocycles. The third kappa shape index (κ3) is 4.15. The van der Waals surface area contributed by atoms with Crippen molar-refractivity contribution in [1.29, 1.82) is 0 Å². The first-order valence-electron chi connectivity index (χ1n) is 10.8. The average molecular weight is 530 g/mol. The molecule has 13 nitrogen and oxygen atoms in total. The van der Waals surface area contributed by atoms with Crippen molar-refractivity contribution in [2.24, 2.45) is 5.16 Å². The number of imidazole rings is 1. The highest BCUT2D eigenvalue weighted by Gasteiger charge is 2.54. The Kier molecular flexibility index (Phi) is 6.32. The molecule has 36 heavy (non-hydrogen) atoms. The van der Waals surface area contributed by atoms with E-state index in [4.69, 9.17) is 10.6 Å². The zero-order chi connectivity index (χ0) is 25.4. The summed E-state index contributed by atoms with van der Waals surface area (Å²) in [6.45, 7) is 2.21. The normalized spacial score (nSPS) is 19.8. The smallest absolute Gasteiger partial charge is 0.352 e. The Labute approximate surface area is 212 Å². The van der Waals surface area contributed by atoms with E-state index in [1.54, 1.807) is 6.92 Å². The molecule has 15 heteroatoms. The largest absolute Gasteiger partial charge is 0.477 e. The van der Waals surface area contributed by atoms with Crippen LogP contribution in [0.25, 0.3) is 5.65 Å². The molecule has 0 bridgehead atoms. The molecule has 2 aliphatic heterocycles. The number of pyridine rings is 1. The van der Waals surface area contributed by atoms with Gasteiger partial charge < -0.3 is 21.0 Å². The van der Waals surface area contributed by atoms with E-state index in [1.165, 1.54) is 16.7 Å². The van der Waals surface area contributed by atoms with Gasteiger partial charge in [-0.25, -0.2) is 13.8 Å². The number of hydrogen-bond donors (Lipinski definition) is 3. The highest BCUT2D eigenvalue weighted by molar-refractivity contribution is 8.00. The third-order valence-electron chi connectivity index (χ3n) is 5.62. The Bertz CT molecular complexity index is 1430. The summed E-state index contributed by atoms with van der Waals surface area (Å²) in [7, 11) is 0. The molecule has 2 atom stereocenters. The zero-order valence-corrected chi connectivity index (χ0v) is 20.5.